The summed E-state index contributed by atoms with van der Waals surface area (Å²) in [5.74, 6) is 0. The Morgan fingerprint density at radius 3 is 2.75 bits per heavy atom. The molecular formula is C9H21NO2. The molecule has 0 saturated heterocycles. The van der Waals surface area contributed by atoms with Crippen LogP contribution in [0.1, 0.15) is 26.7 Å². The zero-order chi connectivity index (χ0) is 9.23. The molecule has 0 aromatic heterocycles. The summed E-state index contributed by atoms with van der Waals surface area (Å²) in [4.78, 5) is 0. The summed E-state index contributed by atoms with van der Waals surface area (Å²) in [6, 6.07) is 0. The van der Waals surface area contributed by atoms with Gasteiger partial charge in [0.25, 0.3) is 0 Å². The molecule has 0 aliphatic heterocycles. The largest absolute Gasteiger partial charge is 0.392 e. The minimum atomic E-state index is -0.249. The molecule has 3 heteroatoms. The molecule has 74 valence electrons. The molecule has 0 spiro atoms. The van der Waals surface area contributed by atoms with Crippen molar-refractivity contribution >= 4 is 0 Å². The van der Waals surface area contributed by atoms with Crippen LogP contribution in [0.5, 0.6) is 0 Å². The summed E-state index contributed by atoms with van der Waals surface area (Å²) in [6.07, 6.45) is 1.86. The number of nitrogens with one attached hydrogen (secondary N) is 1. The number of rotatable bonds is 8. The van der Waals surface area contributed by atoms with Crippen LogP contribution in [0.4, 0.5) is 0 Å². The maximum atomic E-state index is 8.90. The van der Waals surface area contributed by atoms with Gasteiger partial charge in [-0.2, -0.15) is 0 Å². The highest BCUT2D eigenvalue weighted by Gasteiger charge is 1.93. The van der Waals surface area contributed by atoms with E-state index in [0.717, 1.165) is 32.6 Å². The number of hydrogen-bond donors (Lipinski definition) is 2. The summed E-state index contributed by atoms with van der Waals surface area (Å²) >= 11 is 0. The molecule has 0 aliphatic rings. The predicted molar refractivity (Wildman–Crippen MR) is 50.3 cm³/mol. The molecule has 12 heavy (non-hydrogen) atoms. The van der Waals surface area contributed by atoms with E-state index in [1.165, 1.54) is 0 Å². The first kappa shape index (κ1) is 11.9. The second-order valence-corrected chi connectivity index (χ2v) is 3.02. The van der Waals surface area contributed by atoms with Crippen molar-refractivity contribution in [2.24, 2.45) is 0 Å². The minimum absolute atomic E-state index is 0.249. The van der Waals surface area contributed by atoms with Crippen LogP contribution < -0.4 is 5.32 Å². The fourth-order valence-corrected chi connectivity index (χ4v) is 0.857. The van der Waals surface area contributed by atoms with E-state index >= 15 is 0 Å². The summed E-state index contributed by atoms with van der Waals surface area (Å²) in [7, 11) is 0. The van der Waals surface area contributed by atoms with Crippen molar-refractivity contribution < 1.29 is 9.84 Å². The highest BCUT2D eigenvalue weighted by atomic mass is 16.5. The lowest BCUT2D eigenvalue weighted by molar-refractivity contribution is 0.130. The van der Waals surface area contributed by atoms with Gasteiger partial charge in [-0.3, -0.25) is 0 Å². The lowest BCUT2D eigenvalue weighted by Gasteiger charge is -2.06. The topological polar surface area (TPSA) is 41.5 Å². The van der Waals surface area contributed by atoms with Gasteiger partial charge in [-0.15, -0.1) is 0 Å². The molecule has 0 radical (unpaired) electrons. The van der Waals surface area contributed by atoms with E-state index in [0.29, 0.717) is 6.54 Å². The van der Waals surface area contributed by atoms with E-state index in [1.54, 1.807) is 6.92 Å². The molecule has 0 heterocycles. The normalized spacial score (nSPS) is 13.2. The van der Waals surface area contributed by atoms with Crippen LogP contribution >= 0.6 is 0 Å². The van der Waals surface area contributed by atoms with E-state index in [-0.39, 0.29) is 6.10 Å². The molecule has 0 aromatic carbocycles. The molecule has 0 aromatic rings. The zero-order valence-corrected chi connectivity index (χ0v) is 8.18. The standard InChI is InChI=1S/C9H21NO2/c1-3-6-12-7-4-5-10-8-9(2)11/h9-11H,3-8H2,1-2H3. The van der Waals surface area contributed by atoms with Crippen molar-refractivity contribution in [2.75, 3.05) is 26.3 Å². The van der Waals surface area contributed by atoms with Crippen molar-refractivity contribution in [2.45, 2.75) is 32.8 Å². The summed E-state index contributed by atoms with van der Waals surface area (Å²) in [5.41, 5.74) is 0. The fourth-order valence-electron chi connectivity index (χ4n) is 0.857. The van der Waals surface area contributed by atoms with Crippen molar-refractivity contribution in [3.8, 4) is 0 Å². The average molecular weight is 175 g/mol. The van der Waals surface area contributed by atoms with E-state index in [1.807, 2.05) is 0 Å². The Labute approximate surface area is 75.1 Å². The van der Waals surface area contributed by atoms with Crippen molar-refractivity contribution in [3.05, 3.63) is 0 Å². The lowest BCUT2D eigenvalue weighted by Crippen LogP contribution is -2.25. The van der Waals surface area contributed by atoms with Crippen LogP contribution in [0, 0.1) is 0 Å². The summed E-state index contributed by atoms with van der Waals surface area (Å²) < 4.78 is 5.29. The van der Waals surface area contributed by atoms with Crippen LogP contribution in [0.3, 0.4) is 0 Å². The molecule has 0 rings (SSSR count). The number of ether oxygens (including phenoxy) is 1. The third kappa shape index (κ3) is 9.88. The Morgan fingerprint density at radius 1 is 1.42 bits per heavy atom. The molecular weight excluding hydrogens is 154 g/mol. The van der Waals surface area contributed by atoms with Gasteiger partial charge in [0.15, 0.2) is 0 Å². The van der Waals surface area contributed by atoms with Crippen LogP contribution in [-0.2, 0) is 4.74 Å². The van der Waals surface area contributed by atoms with E-state index in [4.69, 9.17) is 9.84 Å². The van der Waals surface area contributed by atoms with Crippen molar-refractivity contribution in [1.82, 2.24) is 5.32 Å². The zero-order valence-electron chi connectivity index (χ0n) is 8.18. The molecule has 3 nitrogen and oxygen atoms in total. The molecule has 2 N–H and O–H groups in total. The van der Waals surface area contributed by atoms with Crippen LogP contribution in [0.25, 0.3) is 0 Å². The smallest absolute Gasteiger partial charge is 0.0636 e. The molecule has 0 amide bonds. The van der Waals surface area contributed by atoms with Gasteiger partial charge >= 0.3 is 0 Å². The van der Waals surface area contributed by atoms with Crippen LogP contribution in [-0.4, -0.2) is 37.5 Å². The summed E-state index contributed by atoms with van der Waals surface area (Å²) in [6.45, 7) is 7.16. The van der Waals surface area contributed by atoms with Gasteiger partial charge in [-0.25, -0.2) is 0 Å². The molecule has 0 bridgehead atoms. The Bertz CT molecular complexity index is 86.6. The van der Waals surface area contributed by atoms with E-state index < -0.39 is 0 Å². The van der Waals surface area contributed by atoms with Gasteiger partial charge in [0, 0.05) is 19.8 Å². The van der Waals surface area contributed by atoms with Gasteiger partial charge in [-0.1, -0.05) is 6.92 Å². The van der Waals surface area contributed by atoms with E-state index in [2.05, 4.69) is 12.2 Å². The second-order valence-electron chi connectivity index (χ2n) is 3.02. The predicted octanol–water partition coefficient (Wildman–Crippen LogP) is 0.774. The van der Waals surface area contributed by atoms with Gasteiger partial charge in [0.05, 0.1) is 6.10 Å². The molecule has 0 fully saturated rings. The highest BCUT2D eigenvalue weighted by molar-refractivity contribution is 4.52. The Kier molecular flexibility index (Phi) is 8.88. The van der Waals surface area contributed by atoms with Crippen molar-refractivity contribution in [3.63, 3.8) is 0 Å². The van der Waals surface area contributed by atoms with E-state index in [9.17, 15) is 0 Å². The second kappa shape index (κ2) is 8.97. The average Bonchev–Trinajstić information content (AvgIpc) is 2.02. The van der Waals surface area contributed by atoms with Gasteiger partial charge in [0.1, 0.15) is 0 Å². The van der Waals surface area contributed by atoms with Crippen LogP contribution in [0.2, 0.25) is 0 Å². The minimum Gasteiger partial charge on any atom is -0.392 e. The first-order valence-corrected chi connectivity index (χ1v) is 4.74. The Balaban J connectivity index is 2.82. The third-order valence-corrected chi connectivity index (χ3v) is 1.43. The summed E-state index contributed by atoms with van der Waals surface area (Å²) in [5, 5.41) is 12.0. The van der Waals surface area contributed by atoms with Crippen LogP contribution in [0.15, 0.2) is 0 Å². The maximum Gasteiger partial charge on any atom is 0.0636 e. The molecule has 1 unspecified atom stereocenters. The molecule has 1 atom stereocenters. The first-order chi connectivity index (χ1) is 5.77. The van der Waals surface area contributed by atoms with Gasteiger partial charge in [0.2, 0.25) is 0 Å². The van der Waals surface area contributed by atoms with Gasteiger partial charge in [-0.05, 0) is 26.3 Å². The number of aliphatic hydroxyl groups is 1. The van der Waals surface area contributed by atoms with Crippen molar-refractivity contribution in [1.29, 1.82) is 0 Å². The Morgan fingerprint density at radius 2 is 2.17 bits per heavy atom. The quantitative estimate of drug-likeness (QED) is 0.535. The Hall–Kier alpha value is -0.120. The fraction of sp³-hybridized carbons (Fsp3) is 1.00. The molecule has 0 saturated carbocycles. The highest BCUT2D eigenvalue weighted by Crippen LogP contribution is 1.84. The number of aliphatic hydroxyl groups excluding tert-OH is 1. The van der Waals surface area contributed by atoms with Gasteiger partial charge < -0.3 is 15.2 Å². The maximum absolute atomic E-state index is 8.90. The first-order valence-electron chi connectivity index (χ1n) is 4.74. The SMILES string of the molecule is CCCOCCCNCC(C)O. The lowest BCUT2D eigenvalue weighted by atomic mass is 10.4. The third-order valence-electron chi connectivity index (χ3n) is 1.43. The number of hydrogen-bond acceptors (Lipinski definition) is 3. The molecule has 0 aliphatic carbocycles. The monoisotopic (exact) mass is 175 g/mol.